The largest absolute Gasteiger partial charge is 0.349 e. The maximum absolute atomic E-state index is 13.7. The fourth-order valence-electron chi connectivity index (χ4n) is 3.45. The predicted molar refractivity (Wildman–Crippen MR) is 94.4 cm³/mol. The van der Waals surface area contributed by atoms with E-state index < -0.39 is 0 Å². The van der Waals surface area contributed by atoms with Gasteiger partial charge in [-0.05, 0) is 60.4 Å². The number of halogens is 1. The molecule has 0 bridgehead atoms. The smallest absolute Gasteiger partial charge is 0.225 e. The van der Waals surface area contributed by atoms with Crippen molar-refractivity contribution in [2.24, 2.45) is 0 Å². The topological polar surface area (TPSA) is 29.1 Å². The third-order valence-corrected chi connectivity index (χ3v) is 4.83. The lowest BCUT2D eigenvalue weighted by Gasteiger charge is -2.22. The second-order valence-electron chi connectivity index (χ2n) is 6.53. The fraction of sp³-hybridized carbons (Fsp3) is 0.381. The molecule has 2 nitrogen and oxygen atoms in total. The minimum Gasteiger partial charge on any atom is -0.349 e. The van der Waals surface area contributed by atoms with Crippen LogP contribution in [0.2, 0.25) is 0 Å². The summed E-state index contributed by atoms with van der Waals surface area (Å²) in [5, 5.41) is 3.06. The highest BCUT2D eigenvalue weighted by atomic mass is 19.1. The first kappa shape index (κ1) is 16.7. The van der Waals surface area contributed by atoms with Crippen molar-refractivity contribution in [3.63, 3.8) is 0 Å². The van der Waals surface area contributed by atoms with Crippen LogP contribution in [0.1, 0.15) is 54.5 Å². The third-order valence-electron chi connectivity index (χ3n) is 4.83. The summed E-state index contributed by atoms with van der Waals surface area (Å²) in [4.78, 5) is 12.3. The van der Waals surface area contributed by atoms with Crippen molar-refractivity contribution >= 4 is 5.91 Å². The SMILES string of the molecule is CC[C@@H](NC(=O)Cc1ccccc1F)c1ccc2c(c1)CCCC2. The van der Waals surface area contributed by atoms with Crippen LogP contribution < -0.4 is 5.32 Å². The van der Waals surface area contributed by atoms with E-state index in [0.29, 0.717) is 5.56 Å². The maximum atomic E-state index is 13.7. The Morgan fingerprint density at radius 3 is 2.62 bits per heavy atom. The van der Waals surface area contributed by atoms with Crippen molar-refractivity contribution in [1.29, 1.82) is 0 Å². The van der Waals surface area contributed by atoms with Crippen molar-refractivity contribution in [3.8, 4) is 0 Å². The summed E-state index contributed by atoms with van der Waals surface area (Å²) in [6.07, 6.45) is 5.69. The lowest BCUT2D eigenvalue weighted by Crippen LogP contribution is -2.30. The Kier molecular flexibility index (Phi) is 5.29. The van der Waals surface area contributed by atoms with Crippen molar-refractivity contribution in [3.05, 3.63) is 70.5 Å². The molecule has 2 aromatic carbocycles. The normalized spacial score (nSPS) is 14.8. The first-order valence-corrected chi connectivity index (χ1v) is 8.82. The molecule has 1 atom stereocenters. The zero-order chi connectivity index (χ0) is 16.9. The van der Waals surface area contributed by atoms with E-state index in [0.717, 1.165) is 24.8 Å². The minimum atomic E-state index is -0.325. The molecular formula is C21H24FNO. The zero-order valence-corrected chi connectivity index (χ0v) is 14.1. The highest BCUT2D eigenvalue weighted by Crippen LogP contribution is 2.26. The molecule has 126 valence electrons. The molecule has 0 unspecified atom stereocenters. The number of aryl methyl sites for hydroxylation is 2. The Morgan fingerprint density at radius 1 is 1.12 bits per heavy atom. The molecule has 0 aromatic heterocycles. The second kappa shape index (κ2) is 7.61. The molecule has 0 heterocycles. The number of hydrogen-bond acceptors (Lipinski definition) is 1. The number of amides is 1. The zero-order valence-electron chi connectivity index (χ0n) is 14.1. The van der Waals surface area contributed by atoms with Gasteiger partial charge in [0.25, 0.3) is 0 Å². The number of carbonyl (C=O) groups is 1. The average Bonchev–Trinajstić information content (AvgIpc) is 2.61. The molecule has 0 radical (unpaired) electrons. The number of carbonyl (C=O) groups excluding carboxylic acids is 1. The average molecular weight is 325 g/mol. The van der Waals surface area contributed by atoms with Crippen molar-refractivity contribution in [2.75, 3.05) is 0 Å². The van der Waals surface area contributed by atoms with E-state index in [9.17, 15) is 9.18 Å². The van der Waals surface area contributed by atoms with E-state index >= 15 is 0 Å². The van der Waals surface area contributed by atoms with Gasteiger partial charge in [-0.15, -0.1) is 0 Å². The van der Waals surface area contributed by atoms with Crippen LogP contribution >= 0.6 is 0 Å². The van der Waals surface area contributed by atoms with Crippen LogP contribution in [0.25, 0.3) is 0 Å². The van der Waals surface area contributed by atoms with Gasteiger partial charge in [-0.2, -0.15) is 0 Å². The summed E-state index contributed by atoms with van der Waals surface area (Å²) in [7, 11) is 0. The molecule has 1 N–H and O–H groups in total. The van der Waals surface area contributed by atoms with Gasteiger partial charge in [0.1, 0.15) is 5.82 Å². The first-order chi connectivity index (χ1) is 11.7. The Balaban J connectivity index is 1.70. The summed E-state index contributed by atoms with van der Waals surface area (Å²) in [5.74, 6) is -0.459. The molecule has 2 aromatic rings. The molecule has 0 saturated carbocycles. The molecule has 0 aliphatic heterocycles. The fourth-order valence-corrected chi connectivity index (χ4v) is 3.45. The Bertz CT molecular complexity index is 726. The minimum absolute atomic E-state index is 0.0171. The summed E-state index contributed by atoms with van der Waals surface area (Å²) in [6, 6.07) is 13.0. The van der Waals surface area contributed by atoms with Gasteiger partial charge in [0.2, 0.25) is 5.91 Å². The lowest BCUT2D eigenvalue weighted by atomic mass is 9.88. The van der Waals surface area contributed by atoms with Gasteiger partial charge in [-0.25, -0.2) is 4.39 Å². The van der Waals surface area contributed by atoms with E-state index in [-0.39, 0.29) is 24.2 Å². The Labute approximate surface area is 143 Å². The van der Waals surface area contributed by atoms with E-state index in [2.05, 4.69) is 30.4 Å². The second-order valence-corrected chi connectivity index (χ2v) is 6.53. The van der Waals surface area contributed by atoms with Gasteiger partial charge in [-0.3, -0.25) is 4.79 Å². The van der Waals surface area contributed by atoms with Crippen LogP contribution in [0.3, 0.4) is 0 Å². The van der Waals surface area contributed by atoms with Gasteiger partial charge in [0.15, 0.2) is 0 Å². The third kappa shape index (κ3) is 3.84. The maximum Gasteiger partial charge on any atom is 0.225 e. The van der Waals surface area contributed by atoms with E-state index in [1.807, 2.05) is 0 Å². The van der Waals surface area contributed by atoms with Gasteiger partial charge in [0, 0.05) is 0 Å². The van der Waals surface area contributed by atoms with Gasteiger partial charge < -0.3 is 5.32 Å². The summed E-state index contributed by atoms with van der Waals surface area (Å²) < 4.78 is 13.7. The van der Waals surface area contributed by atoms with Crippen molar-refractivity contribution in [2.45, 2.75) is 51.5 Å². The highest BCUT2D eigenvalue weighted by Gasteiger charge is 2.17. The van der Waals surface area contributed by atoms with Gasteiger partial charge >= 0.3 is 0 Å². The molecule has 0 fully saturated rings. The highest BCUT2D eigenvalue weighted by molar-refractivity contribution is 5.79. The van der Waals surface area contributed by atoms with E-state index in [1.165, 1.54) is 30.0 Å². The van der Waals surface area contributed by atoms with Gasteiger partial charge in [-0.1, -0.05) is 43.3 Å². The molecular weight excluding hydrogens is 301 g/mol. The molecule has 1 amide bonds. The van der Waals surface area contributed by atoms with E-state index in [1.54, 1.807) is 18.2 Å². The lowest BCUT2D eigenvalue weighted by molar-refractivity contribution is -0.121. The van der Waals surface area contributed by atoms with E-state index in [4.69, 9.17) is 0 Å². The summed E-state index contributed by atoms with van der Waals surface area (Å²) in [6.45, 7) is 2.06. The molecule has 3 heteroatoms. The van der Waals surface area contributed by atoms with Crippen molar-refractivity contribution in [1.82, 2.24) is 5.32 Å². The molecule has 24 heavy (non-hydrogen) atoms. The number of hydrogen-bond donors (Lipinski definition) is 1. The summed E-state index contributed by atoms with van der Waals surface area (Å²) >= 11 is 0. The molecule has 1 aliphatic rings. The van der Waals surface area contributed by atoms with Crippen LogP contribution in [0.15, 0.2) is 42.5 Å². The molecule has 0 saturated heterocycles. The Hall–Kier alpha value is -2.16. The number of benzene rings is 2. The molecule has 3 rings (SSSR count). The number of rotatable bonds is 5. The quantitative estimate of drug-likeness (QED) is 0.861. The first-order valence-electron chi connectivity index (χ1n) is 8.82. The number of nitrogens with one attached hydrogen (secondary N) is 1. The van der Waals surface area contributed by atoms with Crippen LogP contribution in [0.5, 0.6) is 0 Å². The molecule has 0 spiro atoms. The monoisotopic (exact) mass is 325 g/mol. The Morgan fingerprint density at radius 2 is 1.88 bits per heavy atom. The van der Waals surface area contributed by atoms with Crippen LogP contribution in [0, 0.1) is 5.82 Å². The number of fused-ring (bicyclic) bond motifs is 1. The van der Waals surface area contributed by atoms with Crippen LogP contribution in [0.4, 0.5) is 4.39 Å². The van der Waals surface area contributed by atoms with Crippen LogP contribution in [-0.4, -0.2) is 5.91 Å². The van der Waals surface area contributed by atoms with Crippen LogP contribution in [-0.2, 0) is 24.1 Å². The molecule has 1 aliphatic carbocycles. The summed E-state index contributed by atoms with van der Waals surface area (Å²) in [5.41, 5.74) is 4.45. The van der Waals surface area contributed by atoms with Gasteiger partial charge in [0.05, 0.1) is 12.5 Å². The van der Waals surface area contributed by atoms with Crippen molar-refractivity contribution < 1.29 is 9.18 Å². The predicted octanol–water partition coefficient (Wildman–Crippen LogP) is 4.51. The standard InChI is InChI=1S/C21H24FNO/c1-2-20(18-12-11-15-7-3-4-8-16(15)13-18)23-21(24)14-17-9-5-6-10-19(17)22/h5-6,9-13,20H,2-4,7-8,14H2,1H3,(H,23,24)/t20-/m1/s1.